The number of hydrogen-bond donors (Lipinski definition) is 1. The summed E-state index contributed by atoms with van der Waals surface area (Å²) in [7, 11) is 0. The number of rotatable bonds is 6. The summed E-state index contributed by atoms with van der Waals surface area (Å²) in [4.78, 5) is 11.9. The van der Waals surface area contributed by atoms with Gasteiger partial charge in [-0.1, -0.05) is 15.9 Å². The second-order valence-electron chi connectivity index (χ2n) is 3.43. The quantitative estimate of drug-likeness (QED) is 0.576. The van der Waals surface area contributed by atoms with E-state index in [1.807, 2.05) is 25.1 Å². The van der Waals surface area contributed by atoms with Crippen LogP contribution in [0.5, 0.6) is 0 Å². The Balaban J connectivity index is 2.44. The van der Waals surface area contributed by atoms with Gasteiger partial charge in [0.1, 0.15) is 0 Å². The Labute approximate surface area is 124 Å². The maximum absolute atomic E-state index is 11.9. The molecule has 0 unspecified atom stereocenters. The highest BCUT2D eigenvalue weighted by Crippen LogP contribution is 2.18. The summed E-state index contributed by atoms with van der Waals surface area (Å²) in [5.41, 5.74) is 0.705. The van der Waals surface area contributed by atoms with Crippen LogP contribution in [0.15, 0.2) is 22.7 Å². The van der Waals surface area contributed by atoms with E-state index in [4.69, 9.17) is 4.74 Å². The summed E-state index contributed by atoms with van der Waals surface area (Å²) in [6.07, 6.45) is 0.837. The van der Waals surface area contributed by atoms with E-state index in [-0.39, 0.29) is 5.91 Å². The molecule has 0 bridgehead atoms. The van der Waals surface area contributed by atoms with Crippen molar-refractivity contribution in [1.29, 1.82) is 0 Å². The summed E-state index contributed by atoms with van der Waals surface area (Å²) < 4.78 is 7.07. The van der Waals surface area contributed by atoms with Gasteiger partial charge in [-0.05, 0) is 54.1 Å². The number of carbonyl (C=O) groups excluding carboxylic acids is 1. The molecule has 0 spiro atoms. The average Bonchev–Trinajstić information content (AvgIpc) is 2.32. The summed E-state index contributed by atoms with van der Waals surface area (Å²) in [5, 5.41) is 2.88. The Morgan fingerprint density at radius 3 is 3.00 bits per heavy atom. The first-order valence-corrected chi connectivity index (χ1v) is 7.33. The molecule has 0 aliphatic rings. The lowest BCUT2D eigenvalue weighted by molar-refractivity contribution is 0.0943. The van der Waals surface area contributed by atoms with Crippen LogP contribution < -0.4 is 5.32 Å². The molecule has 17 heavy (non-hydrogen) atoms. The van der Waals surface area contributed by atoms with Gasteiger partial charge in [-0.3, -0.25) is 4.79 Å². The van der Waals surface area contributed by atoms with E-state index in [2.05, 4.69) is 43.8 Å². The van der Waals surface area contributed by atoms with Gasteiger partial charge >= 0.3 is 0 Å². The van der Waals surface area contributed by atoms with Crippen molar-refractivity contribution in [3.63, 3.8) is 0 Å². The van der Waals surface area contributed by atoms with Crippen LogP contribution in [-0.4, -0.2) is 25.7 Å². The normalized spacial score (nSPS) is 10.3. The lowest BCUT2D eigenvalue weighted by Crippen LogP contribution is -2.26. The molecule has 0 aromatic heterocycles. The predicted molar refractivity (Wildman–Crippen MR) is 80.3 cm³/mol. The van der Waals surface area contributed by atoms with E-state index in [0.29, 0.717) is 18.7 Å². The van der Waals surface area contributed by atoms with Crippen LogP contribution >= 0.6 is 38.5 Å². The van der Waals surface area contributed by atoms with Gasteiger partial charge in [0, 0.05) is 27.8 Å². The lowest BCUT2D eigenvalue weighted by Gasteiger charge is -2.07. The molecule has 1 aromatic rings. The third kappa shape index (κ3) is 5.35. The van der Waals surface area contributed by atoms with Gasteiger partial charge in [0.2, 0.25) is 0 Å². The third-order valence-electron chi connectivity index (χ3n) is 2.13. The zero-order valence-corrected chi connectivity index (χ0v) is 13.4. The molecule has 5 heteroatoms. The minimum atomic E-state index is -0.0350. The Bertz CT molecular complexity index is 385. The van der Waals surface area contributed by atoms with Crippen molar-refractivity contribution in [2.24, 2.45) is 0 Å². The molecule has 3 nitrogen and oxygen atoms in total. The van der Waals surface area contributed by atoms with Gasteiger partial charge in [-0.15, -0.1) is 0 Å². The average molecular weight is 412 g/mol. The summed E-state index contributed by atoms with van der Waals surface area (Å²) in [5.74, 6) is -0.0350. The molecule has 0 radical (unpaired) electrons. The van der Waals surface area contributed by atoms with Gasteiger partial charge in [0.15, 0.2) is 0 Å². The highest BCUT2D eigenvalue weighted by molar-refractivity contribution is 14.1. The maximum Gasteiger partial charge on any atom is 0.252 e. The first-order chi connectivity index (χ1) is 8.15. The molecule has 1 N–H and O–H groups in total. The maximum atomic E-state index is 11.9. The number of hydrogen-bond acceptors (Lipinski definition) is 2. The zero-order valence-electron chi connectivity index (χ0n) is 9.63. The van der Waals surface area contributed by atoms with Crippen molar-refractivity contribution in [2.75, 3.05) is 19.8 Å². The van der Waals surface area contributed by atoms with Crippen molar-refractivity contribution < 1.29 is 9.53 Å². The summed E-state index contributed by atoms with van der Waals surface area (Å²) >= 11 is 5.52. The van der Waals surface area contributed by atoms with E-state index < -0.39 is 0 Å². The molecule has 0 aliphatic carbocycles. The van der Waals surface area contributed by atoms with Gasteiger partial charge in [0.05, 0.1) is 5.56 Å². The minimum absolute atomic E-state index is 0.0350. The number of benzene rings is 1. The van der Waals surface area contributed by atoms with Crippen LogP contribution in [0, 0.1) is 3.57 Å². The molecule has 0 heterocycles. The van der Waals surface area contributed by atoms with Crippen LogP contribution in [-0.2, 0) is 4.74 Å². The molecule has 0 aliphatic heterocycles. The third-order valence-corrected chi connectivity index (χ3v) is 3.56. The molecule has 1 amide bonds. The van der Waals surface area contributed by atoms with Gasteiger partial charge in [-0.25, -0.2) is 0 Å². The molecule has 0 saturated heterocycles. The van der Waals surface area contributed by atoms with Crippen LogP contribution in [0.3, 0.4) is 0 Å². The predicted octanol–water partition coefficient (Wildman–Crippen LogP) is 3.21. The van der Waals surface area contributed by atoms with E-state index in [1.54, 1.807) is 0 Å². The molecular formula is C12H15BrINO2. The van der Waals surface area contributed by atoms with E-state index in [1.165, 1.54) is 0 Å². The minimum Gasteiger partial charge on any atom is -0.382 e. The smallest absolute Gasteiger partial charge is 0.252 e. The van der Waals surface area contributed by atoms with Gasteiger partial charge < -0.3 is 10.1 Å². The van der Waals surface area contributed by atoms with E-state index >= 15 is 0 Å². The highest BCUT2D eigenvalue weighted by atomic mass is 127. The number of ether oxygens (including phenoxy) is 1. The number of carbonyl (C=O) groups is 1. The molecule has 1 rings (SSSR count). The Morgan fingerprint density at radius 2 is 2.29 bits per heavy atom. The number of halogens is 2. The molecule has 1 aromatic carbocycles. The second-order valence-corrected chi connectivity index (χ2v) is 5.51. The fraction of sp³-hybridized carbons (Fsp3) is 0.417. The topological polar surface area (TPSA) is 38.3 Å². The fourth-order valence-electron chi connectivity index (χ4n) is 1.29. The highest BCUT2D eigenvalue weighted by Gasteiger charge is 2.09. The second kappa shape index (κ2) is 8.05. The standard InChI is InChI=1S/C12H15BrINO2/c1-2-17-7-3-6-15-12(16)10-8-9(13)4-5-11(10)14/h4-5,8H,2-3,6-7H2,1H3,(H,15,16). The molecular weight excluding hydrogens is 397 g/mol. The Kier molecular flexibility index (Phi) is 7.06. The molecule has 0 atom stereocenters. The molecule has 0 saturated carbocycles. The van der Waals surface area contributed by atoms with Gasteiger partial charge in [0.25, 0.3) is 5.91 Å². The van der Waals surface area contributed by atoms with Crippen LogP contribution in [0.25, 0.3) is 0 Å². The lowest BCUT2D eigenvalue weighted by atomic mass is 10.2. The zero-order chi connectivity index (χ0) is 12.7. The van der Waals surface area contributed by atoms with Crippen molar-refractivity contribution >= 4 is 44.4 Å². The van der Waals surface area contributed by atoms with Crippen LogP contribution in [0.4, 0.5) is 0 Å². The van der Waals surface area contributed by atoms with Crippen molar-refractivity contribution in [3.8, 4) is 0 Å². The van der Waals surface area contributed by atoms with Crippen LogP contribution in [0.1, 0.15) is 23.7 Å². The molecule has 94 valence electrons. The summed E-state index contributed by atoms with van der Waals surface area (Å²) in [6, 6.07) is 5.67. The fourth-order valence-corrected chi connectivity index (χ4v) is 2.23. The summed E-state index contributed by atoms with van der Waals surface area (Å²) in [6.45, 7) is 4.01. The van der Waals surface area contributed by atoms with Crippen molar-refractivity contribution in [3.05, 3.63) is 31.8 Å². The van der Waals surface area contributed by atoms with Crippen molar-refractivity contribution in [1.82, 2.24) is 5.32 Å². The first kappa shape index (κ1) is 14.9. The van der Waals surface area contributed by atoms with Crippen molar-refractivity contribution in [2.45, 2.75) is 13.3 Å². The Hall–Kier alpha value is -0.140. The molecule has 0 fully saturated rings. The Morgan fingerprint density at radius 1 is 1.53 bits per heavy atom. The number of nitrogens with one attached hydrogen (secondary N) is 1. The monoisotopic (exact) mass is 411 g/mol. The van der Waals surface area contributed by atoms with Gasteiger partial charge in [-0.2, -0.15) is 0 Å². The van der Waals surface area contributed by atoms with E-state index in [0.717, 1.165) is 21.1 Å². The largest absolute Gasteiger partial charge is 0.382 e. The van der Waals surface area contributed by atoms with E-state index in [9.17, 15) is 4.79 Å². The SMILES string of the molecule is CCOCCCNC(=O)c1cc(Br)ccc1I. The van der Waals surface area contributed by atoms with Crippen LogP contribution in [0.2, 0.25) is 0 Å². The number of amides is 1. The first-order valence-electron chi connectivity index (χ1n) is 5.46.